The minimum absolute atomic E-state index is 0.00230. The van der Waals surface area contributed by atoms with Crippen LogP contribution in [0.2, 0.25) is 0 Å². The highest BCUT2D eigenvalue weighted by Gasteiger charge is 2.22. The van der Waals surface area contributed by atoms with Gasteiger partial charge in [-0.1, -0.05) is 0 Å². The Morgan fingerprint density at radius 3 is 2.75 bits per heavy atom. The van der Waals surface area contributed by atoms with Crippen LogP contribution in [0, 0.1) is 17.0 Å². The van der Waals surface area contributed by atoms with Crippen molar-refractivity contribution in [1.82, 2.24) is 9.80 Å². The zero-order chi connectivity index (χ0) is 20.7. The van der Waals surface area contributed by atoms with Gasteiger partial charge in [0.2, 0.25) is 5.91 Å². The largest absolute Gasteiger partial charge is 0.480 e. The Hall–Kier alpha value is -2.52. The van der Waals surface area contributed by atoms with Gasteiger partial charge < -0.3 is 15.3 Å². The van der Waals surface area contributed by atoms with E-state index in [1.807, 2.05) is 11.9 Å². The molecule has 1 heterocycles. The summed E-state index contributed by atoms with van der Waals surface area (Å²) in [4.78, 5) is 37.6. The van der Waals surface area contributed by atoms with Crippen molar-refractivity contribution in [3.63, 3.8) is 0 Å². The lowest BCUT2D eigenvalue weighted by Gasteiger charge is -2.25. The number of aliphatic carboxylic acids is 1. The van der Waals surface area contributed by atoms with Gasteiger partial charge in [0, 0.05) is 36.8 Å². The molecule has 1 atom stereocenters. The minimum atomic E-state index is -0.818. The standard InChI is InChI=1S/C19H28N4O5/c1-14-12-16(23(27)28)5-6-17(14)20-18(24)8-11-22-9-3-4-15(7-10-22)21(2)13-19(25)26/h5-6,12,15H,3-4,7-11,13H2,1-2H3,(H,20,24)(H,25,26). The Labute approximate surface area is 164 Å². The molecule has 1 aromatic rings. The summed E-state index contributed by atoms with van der Waals surface area (Å²) in [6, 6.07) is 4.63. The number of likely N-dealkylation sites (N-methyl/N-ethyl adjacent to an activating group) is 1. The normalized spacial score (nSPS) is 17.9. The average molecular weight is 392 g/mol. The van der Waals surface area contributed by atoms with Crippen LogP contribution in [0.1, 0.15) is 31.2 Å². The molecule has 1 unspecified atom stereocenters. The van der Waals surface area contributed by atoms with Crippen LogP contribution < -0.4 is 5.32 Å². The summed E-state index contributed by atoms with van der Waals surface area (Å²) in [6.45, 7) is 4.12. The van der Waals surface area contributed by atoms with Crippen molar-refractivity contribution < 1.29 is 19.6 Å². The molecule has 0 bridgehead atoms. The summed E-state index contributed by atoms with van der Waals surface area (Å²) in [5, 5.41) is 22.5. The summed E-state index contributed by atoms with van der Waals surface area (Å²) in [6.07, 6.45) is 3.14. The third-order valence-corrected chi connectivity index (χ3v) is 5.15. The SMILES string of the molecule is Cc1cc([N+](=O)[O-])ccc1NC(=O)CCN1CCCC(N(C)CC(=O)O)CC1. The predicted molar refractivity (Wildman–Crippen MR) is 105 cm³/mol. The number of rotatable bonds is 8. The first-order valence-electron chi connectivity index (χ1n) is 9.45. The number of carboxylic acids is 1. The van der Waals surface area contributed by atoms with Gasteiger partial charge in [-0.25, -0.2) is 0 Å². The van der Waals surface area contributed by atoms with Crippen molar-refractivity contribution >= 4 is 23.3 Å². The Morgan fingerprint density at radius 2 is 2.11 bits per heavy atom. The lowest BCUT2D eigenvalue weighted by molar-refractivity contribution is -0.384. The number of nitrogens with one attached hydrogen (secondary N) is 1. The molecule has 1 aliphatic rings. The number of likely N-dealkylation sites (tertiary alicyclic amines) is 1. The number of aryl methyl sites for hydroxylation is 1. The van der Waals surface area contributed by atoms with Gasteiger partial charge in [0.25, 0.3) is 5.69 Å². The Balaban J connectivity index is 1.80. The summed E-state index contributed by atoms with van der Waals surface area (Å²) in [5.41, 5.74) is 1.24. The molecule has 0 aromatic heterocycles. The second kappa shape index (κ2) is 10.1. The van der Waals surface area contributed by atoms with E-state index in [4.69, 9.17) is 5.11 Å². The maximum absolute atomic E-state index is 12.3. The van der Waals surface area contributed by atoms with Gasteiger partial charge in [-0.2, -0.15) is 0 Å². The first-order chi connectivity index (χ1) is 13.3. The van der Waals surface area contributed by atoms with Crippen molar-refractivity contribution in [2.45, 2.75) is 38.6 Å². The van der Waals surface area contributed by atoms with Gasteiger partial charge in [-0.15, -0.1) is 0 Å². The van der Waals surface area contributed by atoms with Crippen LogP contribution in [0.5, 0.6) is 0 Å². The zero-order valence-corrected chi connectivity index (χ0v) is 16.4. The van der Waals surface area contributed by atoms with Gasteiger partial charge in [-0.3, -0.25) is 24.6 Å². The highest BCUT2D eigenvalue weighted by Crippen LogP contribution is 2.21. The molecule has 9 nitrogen and oxygen atoms in total. The molecule has 154 valence electrons. The van der Waals surface area contributed by atoms with E-state index in [2.05, 4.69) is 10.2 Å². The van der Waals surface area contributed by atoms with E-state index in [1.54, 1.807) is 13.0 Å². The fraction of sp³-hybridized carbons (Fsp3) is 0.579. The van der Waals surface area contributed by atoms with Crippen molar-refractivity contribution in [2.24, 2.45) is 0 Å². The highest BCUT2D eigenvalue weighted by atomic mass is 16.6. The maximum Gasteiger partial charge on any atom is 0.317 e. The smallest absolute Gasteiger partial charge is 0.317 e. The van der Waals surface area contributed by atoms with E-state index >= 15 is 0 Å². The van der Waals surface area contributed by atoms with Crippen LogP contribution in [-0.4, -0.2) is 71.0 Å². The van der Waals surface area contributed by atoms with Crippen LogP contribution in [0.25, 0.3) is 0 Å². The molecule has 28 heavy (non-hydrogen) atoms. The average Bonchev–Trinajstić information content (AvgIpc) is 2.86. The number of amides is 1. The third-order valence-electron chi connectivity index (χ3n) is 5.15. The molecule has 0 saturated carbocycles. The number of carbonyl (C=O) groups excluding carboxylic acids is 1. The summed E-state index contributed by atoms with van der Waals surface area (Å²) >= 11 is 0. The number of carbonyl (C=O) groups is 2. The van der Waals surface area contributed by atoms with Crippen LogP contribution in [0.15, 0.2) is 18.2 Å². The summed E-state index contributed by atoms with van der Waals surface area (Å²) in [5.74, 6) is -0.942. The predicted octanol–water partition coefficient (Wildman–Crippen LogP) is 2.10. The van der Waals surface area contributed by atoms with Gasteiger partial charge in [0.05, 0.1) is 11.5 Å². The number of non-ortho nitro benzene ring substituents is 1. The number of hydrogen-bond acceptors (Lipinski definition) is 6. The van der Waals surface area contributed by atoms with Crippen molar-refractivity contribution in [3.05, 3.63) is 33.9 Å². The monoisotopic (exact) mass is 392 g/mol. The van der Waals surface area contributed by atoms with Crippen molar-refractivity contribution in [3.8, 4) is 0 Å². The molecule has 0 spiro atoms. The van der Waals surface area contributed by atoms with Crippen LogP contribution >= 0.6 is 0 Å². The van der Waals surface area contributed by atoms with Crippen LogP contribution in [-0.2, 0) is 9.59 Å². The lowest BCUT2D eigenvalue weighted by Crippen LogP contribution is -2.36. The van der Waals surface area contributed by atoms with Gasteiger partial charge >= 0.3 is 5.97 Å². The molecular weight excluding hydrogens is 364 g/mol. The first kappa shape index (κ1) is 21.8. The van der Waals surface area contributed by atoms with Crippen molar-refractivity contribution in [1.29, 1.82) is 0 Å². The van der Waals surface area contributed by atoms with Gasteiger partial charge in [0.1, 0.15) is 0 Å². The number of nitrogens with zero attached hydrogens (tertiary/aromatic N) is 3. The lowest BCUT2D eigenvalue weighted by atomic mass is 10.1. The van der Waals surface area contributed by atoms with Crippen LogP contribution in [0.3, 0.4) is 0 Å². The topological polar surface area (TPSA) is 116 Å². The number of anilines is 1. The number of carboxylic acid groups (broad SMARTS) is 1. The Morgan fingerprint density at radius 1 is 1.36 bits per heavy atom. The number of nitro benzene ring substituents is 1. The quantitative estimate of drug-likeness (QED) is 0.514. The minimum Gasteiger partial charge on any atom is -0.480 e. The van der Waals surface area contributed by atoms with E-state index in [-0.39, 0.29) is 24.2 Å². The molecule has 2 rings (SSSR count). The summed E-state index contributed by atoms with van der Waals surface area (Å²) in [7, 11) is 1.84. The zero-order valence-electron chi connectivity index (χ0n) is 16.4. The molecule has 1 fully saturated rings. The molecule has 1 aliphatic heterocycles. The van der Waals surface area contributed by atoms with E-state index in [9.17, 15) is 19.7 Å². The van der Waals surface area contributed by atoms with Crippen molar-refractivity contribution in [2.75, 3.05) is 38.5 Å². The number of hydrogen-bond donors (Lipinski definition) is 2. The number of nitro groups is 1. The molecule has 1 amide bonds. The molecular formula is C19H28N4O5. The molecule has 0 radical (unpaired) electrons. The highest BCUT2D eigenvalue weighted by molar-refractivity contribution is 5.91. The van der Waals surface area contributed by atoms with Gasteiger partial charge in [-0.05, 0) is 58.0 Å². The molecule has 1 aromatic carbocycles. The molecule has 1 saturated heterocycles. The molecule has 9 heteroatoms. The fourth-order valence-corrected chi connectivity index (χ4v) is 3.52. The third kappa shape index (κ3) is 6.58. The Bertz CT molecular complexity index is 724. The van der Waals surface area contributed by atoms with E-state index in [0.29, 0.717) is 24.2 Å². The maximum atomic E-state index is 12.3. The second-order valence-electron chi connectivity index (χ2n) is 7.29. The van der Waals surface area contributed by atoms with E-state index < -0.39 is 10.9 Å². The van der Waals surface area contributed by atoms with E-state index in [0.717, 1.165) is 32.4 Å². The fourth-order valence-electron chi connectivity index (χ4n) is 3.52. The van der Waals surface area contributed by atoms with Gasteiger partial charge in [0.15, 0.2) is 0 Å². The number of benzene rings is 1. The summed E-state index contributed by atoms with van der Waals surface area (Å²) < 4.78 is 0. The van der Waals surface area contributed by atoms with E-state index in [1.165, 1.54) is 12.1 Å². The Kier molecular flexibility index (Phi) is 7.89. The second-order valence-corrected chi connectivity index (χ2v) is 7.29. The molecule has 2 N–H and O–H groups in total. The van der Waals surface area contributed by atoms with Crippen LogP contribution in [0.4, 0.5) is 11.4 Å². The first-order valence-corrected chi connectivity index (χ1v) is 9.45. The molecule has 0 aliphatic carbocycles.